The maximum absolute atomic E-state index is 3.79. The summed E-state index contributed by atoms with van der Waals surface area (Å²) >= 11 is 0. The molecular weight excluding hydrogens is 398 g/mol. The Morgan fingerprint density at radius 3 is 1.82 bits per heavy atom. The van der Waals surface area contributed by atoms with Crippen molar-refractivity contribution in [3.63, 3.8) is 0 Å². The predicted octanol–water partition coefficient (Wildman–Crippen LogP) is 9.07. The molecule has 0 bridgehead atoms. The summed E-state index contributed by atoms with van der Waals surface area (Å²) in [6.07, 6.45) is 0. The minimum absolute atomic E-state index is 1.10. The number of nitrogens with one attached hydrogen (secondary N) is 1. The molecule has 0 aliphatic rings. The highest BCUT2D eigenvalue weighted by atomic mass is 14.9. The molecular formula is C32H23N. The van der Waals surface area contributed by atoms with Crippen LogP contribution in [0.3, 0.4) is 0 Å². The van der Waals surface area contributed by atoms with Crippen molar-refractivity contribution in [1.29, 1.82) is 0 Å². The van der Waals surface area contributed by atoms with Gasteiger partial charge in [0.25, 0.3) is 0 Å². The number of fused-ring (bicyclic) bond motifs is 2. The zero-order chi connectivity index (χ0) is 22.0. The first kappa shape index (κ1) is 19.3. The molecule has 1 heteroatoms. The molecule has 1 nitrogen and oxygen atoms in total. The molecule has 0 atom stereocenters. The standard InChI is InChI=1S/C32H23N/c1-2-11-24(12-3-1)30-21-25-14-4-5-15-26(25)22-32(30)33-31-20-9-8-18-29(31)28-19-10-16-23-13-6-7-17-27(23)28/h1-22,33H. The molecule has 0 heterocycles. The summed E-state index contributed by atoms with van der Waals surface area (Å²) in [6.45, 7) is 0. The lowest BCUT2D eigenvalue weighted by Crippen LogP contribution is -1.96. The highest BCUT2D eigenvalue weighted by Gasteiger charge is 2.12. The van der Waals surface area contributed by atoms with Gasteiger partial charge in [0.2, 0.25) is 0 Å². The molecule has 0 spiro atoms. The van der Waals surface area contributed by atoms with Crippen LogP contribution in [0.2, 0.25) is 0 Å². The van der Waals surface area contributed by atoms with Crippen LogP contribution in [-0.2, 0) is 0 Å². The molecule has 0 aliphatic carbocycles. The average Bonchev–Trinajstić information content (AvgIpc) is 2.89. The molecule has 0 aromatic heterocycles. The second-order valence-corrected chi connectivity index (χ2v) is 8.31. The van der Waals surface area contributed by atoms with E-state index in [9.17, 15) is 0 Å². The van der Waals surface area contributed by atoms with Gasteiger partial charge in [0.15, 0.2) is 0 Å². The van der Waals surface area contributed by atoms with E-state index >= 15 is 0 Å². The Hall–Kier alpha value is -4.36. The minimum atomic E-state index is 1.10. The van der Waals surface area contributed by atoms with Crippen molar-refractivity contribution in [2.45, 2.75) is 0 Å². The third-order valence-electron chi connectivity index (χ3n) is 6.25. The monoisotopic (exact) mass is 421 g/mol. The van der Waals surface area contributed by atoms with Gasteiger partial charge in [-0.1, -0.05) is 115 Å². The molecule has 1 N–H and O–H groups in total. The fraction of sp³-hybridized carbons (Fsp3) is 0. The lowest BCUT2D eigenvalue weighted by Gasteiger charge is -2.18. The van der Waals surface area contributed by atoms with Crippen molar-refractivity contribution in [2.75, 3.05) is 5.32 Å². The van der Waals surface area contributed by atoms with Crippen LogP contribution in [0.5, 0.6) is 0 Å². The van der Waals surface area contributed by atoms with Crippen LogP contribution in [-0.4, -0.2) is 0 Å². The smallest absolute Gasteiger partial charge is 0.0470 e. The molecule has 0 saturated heterocycles. The van der Waals surface area contributed by atoms with Crippen molar-refractivity contribution >= 4 is 32.9 Å². The van der Waals surface area contributed by atoms with Gasteiger partial charge < -0.3 is 5.32 Å². The molecule has 0 radical (unpaired) electrons. The third kappa shape index (κ3) is 3.64. The lowest BCUT2D eigenvalue weighted by atomic mass is 9.96. The van der Waals surface area contributed by atoms with E-state index in [4.69, 9.17) is 0 Å². The first-order valence-corrected chi connectivity index (χ1v) is 11.3. The van der Waals surface area contributed by atoms with Crippen molar-refractivity contribution in [1.82, 2.24) is 0 Å². The van der Waals surface area contributed by atoms with E-state index in [0.717, 1.165) is 11.4 Å². The molecule has 0 fully saturated rings. The highest BCUT2D eigenvalue weighted by Crippen LogP contribution is 2.39. The fourth-order valence-electron chi connectivity index (χ4n) is 4.63. The largest absolute Gasteiger partial charge is 0.354 e. The molecule has 0 aliphatic heterocycles. The SMILES string of the molecule is c1ccc(-c2cc3ccccc3cc2Nc2ccccc2-c2cccc3ccccc23)cc1. The Morgan fingerprint density at radius 1 is 0.364 bits per heavy atom. The van der Waals surface area contributed by atoms with Crippen molar-refractivity contribution < 1.29 is 0 Å². The van der Waals surface area contributed by atoms with E-state index in [-0.39, 0.29) is 0 Å². The summed E-state index contributed by atoms with van der Waals surface area (Å²) in [5.74, 6) is 0. The van der Waals surface area contributed by atoms with E-state index < -0.39 is 0 Å². The van der Waals surface area contributed by atoms with Crippen molar-refractivity contribution in [3.8, 4) is 22.3 Å². The van der Waals surface area contributed by atoms with Gasteiger partial charge in [0, 0.05) is 22.5 Å². The predicted molar refractivity (Wildman–Crippen MR) is 142 cm³/mol. The summed E-state index contributed by atoms with van der Waals surface area (Å²) in [5, 5.41) is 8.77. The van der Waals surface area contributed by atoms with Gasteiger partial charge in [0.05, 0.1) is 0 Å². The zero-order valence-electron chi connectivity index (χ0n) is 18.2. The maximum atomic E-state index is 3.79. The Bertz CT molecular complexity index is 1580. The molecule has 0 amide bonds. The number of para-hydroxylation sites is 1. The van der Waals surface area contributed by atoms with E-state index in [1.54, 1.807) is 0 Å². The van der Waals surface area contributed by atoms with E-state index in [1.807, 2.05) is 0 Å². The second kappa shape index (κ2) is 8.29. The Kier molecular flexibility index (Phi) is 4.86. The number of hydrogen-bond donors (Lipinski definition) is 1. The molecule has 33 heavy (non-hydrogen) atoms. The quantitative estimate of drug-likeness (QED) is 0.299. The number of hydrogen-bond acceptors (Lipinski definition) is 1. The number of benzene rings is 6. The second-order valence-electron chi connectivity index (χ2n) is 8.31. The Morgan fingerprint density at radius 2 is 0.970 bits per heavy atom. The zero-order valence-corrected chi connectivity index (χ0v) is 18.2. The first-order chi connectivity index (χ1) is 16.4. The van der Waals surface area contributed by atoms with E-state index in [2.05, 4.69) is 139 Å². The lowest BCUT2D eigenvalue weighted by molar-refractivity contribution is 1.54. The molecule has 6 rings (SSSR count). The Labute approximate surface area is 194 Å². The van der Waals surface area contributed by atoms with Crippen molar-refractivity contribution in [3.05, 3.63) is 133 Å². The average molecular weight is 422 g/mol. The maximum Gasteiger partial charge on any atom is 0.0470 e. The van der Waals surface area contributed by atoms with Crippen molar-refractivity contribution in [2.24, 2.45) is 0 Å². The van der Waals surface area contributed by atoms with E-state index in [0.29, 0.717) is 0 Å². The van der Waals surface area contributed by atoms with Gasteiger partial charge in [-0.3, -0.25) is 0 Å². The van der Waals surface area contributed by atoms with Crippen LogP contribution < -0.4 is 5.32 Å². The summed E-state index contributed by atoms with van der Waals surface area (Å²) in [4.78, 5) is 0. The summed E-state index contributed by atoms with van der Waals surface area (Å²) in [5.41, 5.74) is 7.03. The summed E-state index contributed by atoms with van der Waals surface area (Å²) < 4.78 is 0. The van der Waals surface area contributed by atoms with Crippen LogP contribution in [0.25, 0.3) is 43.8 Å². The van der Waals surface area contributed by atoms with E-state index in [1.165, 1.54) is 43.8 Å². The Balaban J connectivity index is 1.53. The molecule has 156 valence electrons. The molecule has 0 saturated carbocycles. The molecule has 0 unspecified atom stereocenters. The fourth-order valence-corrected chi connectivity index (χ4v) is 4.63. The third-order valence-corrected chi connectivity index (χ3v) is 6.25. The normalized spacial score (nSPS) is 11.0. The van der Waals surface area contributed by atoms with Gasteiger partial charge in [-0.25, -0.2) is 0 Å². The highest BCUT2D eigenvalue weighted by molar-refractivity contribution is 6.01. The van der Waals surface area contributed by atoms with Crippen LogP contribution in [0.15, 0.2) is 133 Å². The summed E-state index contributed by atoms with van der Waals surface area (Å²) in [6, 6.07) is 47.4. The van der Waals surface area contributed by atoms with Crippen LogP contribution in [0, 0.1) is 0 Å². The van der Waals surface area contributed by atoms with Gasteiger partial charge in [-0.2, -0.15) is 0 Å². The van der Waals surface area contributed by atoms with Gasteiger partial charge in [-0.05, 0) is 50.9 Å². The number of anilines is 2. The van der Waals surface area contributed by atoms with Crippen LogP contribution >= 0.6 is 0 Å². The summed E-state index contributed by atoms with van der Waals surface area (Å²) in [7, 11) is 0. The number of rotatable bonds is 4. The molecule has 6 aromatic rings. The first-order valence-electron chi connectivity index (χ1n) is 11.3. The van der Waals surface area contributed by atoms with Gasteiger partial charge in [0.1, 0.15) is 0 Å². The van der Waals surface area contributed by atoms with Crippen LogP contribution in [0.1, 0.15) is 0 Å². The minimum Gasteiger partial charge on any atom is -0.354 e. The van der Waals surface area contributed by atoms with Gasteiger partial charge in [-0.15, -0.1) is 0 Å². The molecule has 6 aromatic carbocycles. The van der Waals surface area contributed by atoms with Crippen LogP contribution in [0.4, 0.5) is 11.4 Å². The topological polar surface area (TPSA) is 12.0 Å². The van der Waals surface area contributed by atoms with Gasteiger partial charge >= 0.3 is 0 Å².